The van der Waals surface area contributed by atoms with Crippen molar-refractivity contribution >= 4 is 35.1 Å². The first-order valence-corrected chi connectivity index (χ1v) is 6.41. The predicted octanol–water partition coefficient (Wildman–Crippen LogP) is 3.20. The summed E-state index contributed by atoms with van der Waals surface area (Å²) in [5, 5.41) is 0.445. The topological polar surface area (TPSA) is 43.4 Å². The molecular weight excluding hydrogens is 260 g/mol. The third-order valence-electron chi connectivity index (χ3n) is 2.12. The standard InChI is InChI=1S/C12H13ClO3S/c1-8(14)10-4-3-9(7-11(10)13)17-6-5-12(15)16-2/h3-4,7H,5-6H2,1-2H3. The summed E-state index contributed by atoms with van der Waals surface area (Å²) < 4.78 is 4.54. The molecule has 0 unspecified atom stereocenters. The summed E-state index contributed by atoms with van der Waals surface area (Å²) in [4.78, 5) is 23.0. The summed E-state index contributed by atoms with van der Waals surface area (Å²) in [5.41, 5.74) is 0.518. The molecule has 0 amide bonds. The van der Waals surface area contributed by atoms with Crippen LogP contribution in [0.25, 0.3) is 0 Å². The number of hydrogen-bond donors (Lipinski definition) is 0. The SMILES string of the molecule is COC(=O)CCSc1ccc(C(C)=O)c(Cl)c1. The number of halogens is 1. The highest BCUT2D eigenvalue weighted by Crippen LogP contribution is 2.25. The molecule has 0 fully saturated rings. The lowest BCUT2D eigenvalue weighted by Crippen LogP contribution is -2.01. The highest BCUT2D eigenvalue weighted by atomic mass is 35.5. The van der Waals surface area contributed by atoms with Gasteiger partial charge in [0.1, 0.15) is 0 Å². The second-order valence-corrected chi connectivity index (χ2v) is 4.95. The Balaban J connectivity index is 2.59. The van der Waals surface area contributed by atoms with Gasteiger partial charge in [-0.1, -0.05) is 11.6 Å². The zero-order valence-electron chi connectivity index (χ0n) is 9.66. The second kappa shape index (κ2) is 6.67. The van der Waals surface area contributed by atoms with Crippen LogP contribution in [-0.4, -0.2) is 24.6 Å². The Morgan fingerprint density at radius 3 is 2.65 bits per heavy atom. The van der Waals surface area contributed by atoms with Crippen LogP contribution in [0.5, 0.6) is 0 Å². The van der Waals surface area contributed by atoms with Crippen molar-refractivity contribution in [3.63, 3.8) is 0 Å². The van der Waals surface area contributed by atoms with E-state index < -0.39 is 0 Å². The van der Waals surface area contributed by atoms with Gasteiger partial charge in [0.05, 0.1) is 18.6 Å². The smallest absolute Gasteiger partial charge is 0.306 e. The van der Waals surface area contributed by atoms with Crippen LogP contribution in [0.15, 0.2) is 23.1 Å². The van der Waals surface area contributed by atoms with Gasteiger partial charge in [0.15, 0.2) is 5.78 Å². The van der Waals surface area contributed by atoms with Crippen molar-refractivity contribution in [3.8, 4) is 0 Å². The molecule has 0 bridgehead atoms. The van der Waals surface area contributed by atoms with Gasteiger partial charge in [0.25, 0.3) is 0 Å². The van der Waals surface area contributed by atoms with E-state index >= 15 is 0 Å². The lowest BCUT2D eigenvalue weighted by molar-refractivity contribution is -0.140. The number of benzene rings is 1. The van der Waals surface area contributed by atoms with Crippen LogP contribution >= 0.6 is 23.4 Å². The molecule has 5 heteroatoms. The minimum absolute atomic E-state index is 0.0545. The molecule has 0 aliphatic rings. The molecule has 0 spiro atoms. The predicted molar refractivity (Wildman–Crippen MR) is 68.8 cm³/mol. The molecular formula is C12H13ClO3S. The van der Waals surface area contributed by atoms with Gasteiger partial charge in [-0.25, -0.2) is 0 Å². The van der Waals surface area contributed by atoms with Gasteiger partial charge in [-0.3, -0.25) is 9.59 Å². The number of rotatable bonds is 5. The number of thioether (sulfide) groups is 1. The lowest BCUT2D eigenvalue weighted by atomic mass is 10.1. The van der Waals surface area contributed by atoms with Gasteiger partial charge in [-0.15, -0.1) is 11.8 Å². The van der Waals surface area contributed by atoms with Crippen molar-refractivity contribution in [2.45, 2.75) is 18.2 Å². The van der Waals surface area contributed by atoms with Crippen LogP contribution in [-0.2, 0) is 9.53 Å². The van der Waals surface area contributed by atoms with Crippen molar-refractivity contribution in [3.05, 3.63) is 28.8 Å². The maximum absolute atomic E-state index is 11.2. The fourth-order valence-electron chi connectivity index (χ4n) is 1.23. The highest BCUT2D eigenvalue weighted by molar-refractivity contribution is 7.99. The van der Waals surface area contributed by atoms with Gasteiger partial charge in [-0.05, 0) is 25.1 Å². The summed E-state index contributed by atoms with van der Waals surface area (Å²) >= 11 is 7.47. The van der Waals surface area contributed by atoms with Gasteiger partial charge in [-0.2, -0.15) is 0 Å². The fraction of sp³-hybridized carbons (Fsp3) is 0.333. The van der Waals surface area contributed by atoms with E-state index in [1.165, 1.54) is 25.8 Å². The van der Waals surface area contributed by atoms with E-state index in [2.05, 4.69) is 4.74 Å². The van der Waals surface area contributed by atoms with Gasteiger partial charge in [0, 0.05) is 16.2 Å². The van der Waals surface area contributed by atoms with Crippen molar-refractivity contribution in [2.24, 2.45) is 0 Å². The van der Waals surface area contributed by atoms with E-state index in [0.717, 1.165) is 4.90 Å². The number of methoxy groups -OCH3 is 1. The molecule has 1 aromatic rings. The van der Waals surface area contributed by atoms with Crippen molar-refractivity contribution < 1.29 is 14.3 Å². The van der Waals surface area contributed by atoms with Crippen LogP contribution in [0, 0.1) is 0 Å². The second-order valence-electron chi connectivity index (χ2n) is 3.37. The number of carbonyl (C=O) groups is 2. The van der Waals surface area contributed by atoms with Crippen LogP contribution in [0.3, 0.4) is 0 Å². The van der Waals surface area contributed by atoms with E-state index in [1.54, 1.807) is 12.1 Å². The number of esters is 1. The summed E-state index contributed by atoms with van der Waals surface area (Å²) in [6.45, 7) is 1.48. The van der Waals surface area contributed by atoms with Gasteiger partial charge < -0.3 is 4.74 Å². The van der Waals surface area contributed by atoms with Gasteiger partial charge in [0.2, 0.25) is 0 Å². The Hall–Kier alpha value is -1.00. The normalized spacial score (nSPS) is 10.1. The lowest BCUT2D eigenvalue weighted by Gasteiger charge is -2.04. The average Bonchev–Trinajstić information content (AvgIpc) is 2.28. The number of hydrogen-bond acceptors (Lipinski definition) is 4. The first kappa shape index (κ1) is 14.1. The quantitative estimate of drug-likeness (QED) is 0.469. The first-order chi connectivity index (χ1) is 8.04. The van der Waals surface area contributed by atoms with Crippen LogP contribution in [0.4, 0.5) is 0 Å². The highest BCUT2D eigenvalue weighted by Gasteiger charge is 2.07. The Morgan fingerprint density at radius 2 is 2.12 bits per heavy atom. The van der Waals surface area contributed by atoms with E-state index in [9.17, 15) is 9.59 Å². The van der Waals surface area contributed by atoms with Gasteiger partial charge >= 0.3 is 5.97 Å². The Morgan fingerprint density at radius 1 is 1.41 bits per heavy atom. The third kappa shape index (κ3) is 4.40. The number of ketones is 1. The van der Waals surface area contributed by atoms with Crippen molar-refractivity contribution in [2.75, 3.05) is 12.9 Å². The maximum atomic E-state index is 11.2. The zero-order valence-corrected chi connectivity index (χ0v) is 11.2. The maximum Gasteiger partial charge on any atom is 0.306 e. The minimum Gasteiger partial charge on any atom is -0.469 e. The molecule has 0 heterocycles. The molecule has 0 saturated heterocycles. The average molecular weight is 273 g/mol. The zero-order chi connectivity index (χ0) is 12.8. The molecule has 0 atom stereocenters. The van der Waals surface area contributed by atoms with E-state index in [1.807, 2.05) is 6.07 Å². The summed E-state index contributed by atoms with van der Waals surface area (Å²) in [5.74, 6) is 0.340. The summed E-state index contributed by atoms with van der Waals surface area (Å²) in [7, 11) is 1.37. The molecule has 0 aromatic heterocycles. The monoisotopic (exact) mass is 272 g/mol. The van der Waals surface area contributed by atoms with Crippen molar-refractivity contribution in [1.82, 2.24) is 0 Å². The Kier molecular flexibility index (Phi) is 5.51. The molecule has 0 saturated carbocycles. The molecule has 92 valence electrons. The van der Waals surface area contributed by atoms with Crippen LogP contribution < -0.4 is 0 Å². The van der Waals surface area contributed by atoms with E-state index in [-0.39, 0.29) is 11.8 Å². The molecule has 1 rings (SSSR count). The Labute approximate surface area is 109 Å². The third-order valence-corrected chi connectivity index (χ3v) is 3.43. The summed E-state index contributed by atoms with van der Waals surface area (Å²) in [6.07, 6.45) is 0.354. The summed E-state index contributed by atoms with van der Waals surface area (Å²) in [6, 6.07) is 5.26. The molecule has 3 nitrogen and oxygen atoms in total. The van der Waals surface area contributed by atoms with Crippen molar-refractivity contribution in [1.29, 1.82) is 0 Å². The molecule has 0 N–H and O–H groups in total. The molecule has 1 aromatic carbocycles. The Bertz CT molecular complexity index is 432. The number of Topliss-reactive ketones (excluding diaryl/α,β-unsaturated/α-hetero) is 1. The first-order valence-electron chi connectivity index (χ1n) is 5.04. The molecule has 0 radical (unpaired) electrons. The fourth-order valence-corrected chi connectivity index (χ4v) is 2.47. The molecule has 0 aliphatic heterocycles. The van der Waals surface area contributed by atoms with E-state index in [4.69, 9.17) is 11.6 Å². The molecule has 17 heavy (non-hydrogen) atoms. The largest absolute Gasteiger partial charge is 0.469 e. The van der Waals surface area contributed by atoms with E-state index in [0.29, 0.717) is 22.8 Å². The van der Waals surface area contributed by atoms with Crippen LogP contribution in [0.2, 0.25) is 5.02 Å². The minimum atomic E-state index is -0.232. The number of ether oxygens (including phenoxy) is 1. The molecule has 0 aliphatic carbocycles. The number of carbonyl (C=O) groups excluding carboxylic acids is 2. The van der Waals surface area contributed by atoms with Crippen LogP contribution in [0.1, 0.15) is 23.7 Å².